The molecule has 0 aliphatic heterocycles. The predicted molar refractivity (Wildman–Crippen MR) is 76.1 cm³/mol. The molecule has 100 valence electrons. The molecule has 1 saturated carbocycles. The summed E-state index contributed by atoms with van der Waals surface area (Å²) in [7, 11) is 1.75. The molecule has 0 aromatic heterocycles. The van der Waals surface area contributed by atoms with E-state index in [9.17, 15) is 0 Å². The second-order valence-corrected chi connectivity index (χ2v) is 5.17. The third-order valence-electron chi connectivity index (χ3n) is 3.60. The lowest BCUT2D eigenvalue weighted by Gasteiger charge is -2.08. The Kier molecular flexibility index (Phi) is 5.69. The van der Waals surface area contributed by atoms with Crippen LogP contribution >= 0.6 is 0 Å². The van der Waals surface area contributed by atoms with Gasteiger partial charge in [-0.25, -0.2) is 0 Å². The number of unbranched alkanes of at least 4 members (excludes halogenated alkanes) is 1. The fraction of sp³-hybridized carbons (Fsp3) is 0.625. The first-order valence-electron chi connectivity index (χ1n) is 7.19. The van der Waals surface area contributed by atoms with Crippen molar-refractivity contribution in [2.75, 3.05) is 26.8 Å². The standard InChI is InChI=1S/C16H25NO/c1-18-13-12-17-11-5-4-7-14-6-2-3-8-16(14)15-9-10-15/h2-3,6,8,15,17H,4-5,7,9-13H2,1H3. The normalized spacial score (nSPS) is 14.9. The molecule has 0 amide bonds. The number of benzene rings is 1. The molecule has 0 atom stereocenters. The van der Waals surface area contributed by atoms with Gasteiger partial charge in [0.2, 0.25) is 0 Å². The molecule has 0 bridgehead atoms. The molecule has 1 aromatic carbocycles. The molecule has 2 rings (SSSR count). The van der Waals surface area contributed by atoms with E-state index < -0.39 is 0 Å². The summed E-state index contributed by atoms with van der Waals surface area (Å²) >= 11 is 0. The second kappa shape index (κ2) is 7.55. The van der Waals surface area contributed by atoms with Crippen LogP contribution in [0.2, 0.25) is 0 Å². The van der Waals surface area contributed by atoms with Gasteiger partial charge in [-0.2, -0.15) is 0 Å². The summed E-state index contributed by atoms with van der Waals surface area (Å²) in [4.78, 5) is 0. The molecule has 1 aliphatic rings. The quantitative estimate of drug-likeness (QED) is 0.677. The summed E-state index contributed by atoms with van der Waals surface area (Å²) in [5, 5.41) is 3.40. The maximum Gasteiger partial charge on any atom is 0.0587 e. The Morgan fingerprint density at radius 3 is 2.78 bits per heavy atom. The molecule has 1 N–H and O–H groups in total. The first-order chi connectivity index (χ1) is 8.92. The van der Waals surface area contributed by atoms with Crippen molar-refractivity contribution < 1.29 is 4.74 Å². The molecule has 0 heterocycles. The van der Waals surface area contributed by atoms with Crippen LogP contribution < -0.4 is 5.32 Å². The Bertz CT molecular complexity index is 347. The van der Waals surface area contributed by atoms with E-state index in [-0.39, 0.29) is 0 Å². The van der Waals surface area contributed by atoms with Gasteiger partial charge < -0.3 is 10.1 Å². The van der Waals surface area contributed by atoms with E-state index in [0.717, 1.165) is 25.6 Å². The van der Waals surface area contributed by atoms with Gasteiger partial charge >= 0.3 is 0 Å². The molecular weight excluding hydrogens is 222 g/mol. The highest BCUT2D eigenvalue weighted by Gasteiger charge is 2.25. The van der Waals surface area contributed by atoms with Crippen molar-refractivity contribution in [2.24, 2.45) is 0 Å². The summed E-state index contributed by atoms with van der Waals surface area (Å²) in [6.45, 7) is 2.88. The molecule has 1 aromatic rings. The number of hydrogen-bond acceptors (Lipinski definition) is 2. The number of nitrogens with one attached hydrogen (secondary N) is 1. The molecular formula is C16H25NO. The Morgan fingerprint density at radius 2 is 2.00 bits per heavy atom. The molecule has 0 radical (unpaired) electrons. The van der Waals surface area contributed by atoms with Crippen LogP contribution in [0.15, 0.2) is 24.3 Å². The largest absolute Gasteiger partial charge is 0.383 e. The second-order valence-electron chi connectivity index (χ2n) is 5.17. The van der Waals surface area contributed by atoms with Crippen molar-refractivity contribution in [3.05, 3.63) is 35.4 Å². The lowest BCUT2D eigenvalue weighted by Crippen LogP contribution is -2.20. The van der Waals surface area contributed by atoms with E-state index in [1.165, 1.54) is 32.1 Å². The molecule has 1 aliphatic carbocycles. The van der Waals surface area contributed by atoms with E-state index in [2.05, 4.69) is 29.6 Å². The van der Waals surface area contributed by atoms with Gasteiger partial charge in [-0.05, 0) is 55.7 Å². The number of methoxy groups -OCH3 is 1. The minimum atomic E-state index is 0.810. The van der Waals surface area contributed by atoms with Gasteiger partial charge in [0.15, 0.2) is 0 Å². The maximum atomic E-state index is 5.00. The SMILES string of the molecule is COCCNCCCCc1ccccc1C1CC1. The van der Waals surface area contributed by atoms with E-state index in [4.69, 9.17) is 4.74 Å². The molecule has 0 spiro atoms. The van der Waals surface area contributed by atoms with Crippen LogP contribution in [0, 0.1) is 0 Å². The first kappa shape index (κ1) is 13.6. The van der Waals surface area contributed by atoms with Crippen LogP contribution in [0.5, 0.6) is 0 Å². The molecule has 0 unspecified atom stereocenters. The zero-order chi connectivity index (χ0) is 12.6. The minimum Gasteiger partial charge on any atom is -0.383 e. The van der Waals surface area contributed by atoms with E-state index in [1.54, 1.807) is 18.2 Å². The van der Waals surface area contributed by atoms with Crippen molar-refractivity contribution in [2.45, 2.75) is 38.0 Å². The highest BCUT2D eigenvalue weighted by atomic mass is 16.5. The lowest BCUT2D eigenvalue weighted by atomic mass is 9.99. The smallest absolute Gasteiger partial charge is 0.0587 e. The van der Waals surface area contributed by atoms with E-state index in [1.807, 2.05) is 0 Å². The first-order valence-corrected chi connectivity index (χ1v) is 7.19. The zero-order valence-corrected chi connectivity index (χ0v) is 11.5. The number of ether oxygens (including phenoxy) is 1. The van der Waals surface area contributed by atoms with Gasteiger partial charge in [0.1, 0.15) is 0 Å². The van der Waals surface area contributed by atoms with Crippen LogP contribution in [0.4, 0.5) is 0 Å². The highest BCUT2D eigenvalue weighted by Crippen LogP contribution is 2.41. The van der Waals surface area contributed by atoms with Crippen LogP contribution in [-0.2, 0) is 11.2 Å². The Hall–Kier alpha value is -0.860. The van der Waals surface area contributed by atoms with E-state index in [0.29, 0.717) is 0 Å². The average molecular weight is 247 g/mol. The van der Waals surface area contributed by atoms with Crippen molar-refractivity contribution in [3.8, 4) is 0 Å². The van der Waals surface area contributed by atoms with Gasteiger partial charge in [-0.3, -0.25) is 0 Å². The molecule has 1 fully saturated rings. The van der Waals surface area contributed by atoms with Crippen molar-refractivity contribution in [3.63, 3.8) is 0 Å². The summed E-state index contributed by atoms with van der Waals surface area (Å²) in [6.07, 6.45) is 6.57. The number of hydrogen-bond donors (Lipinski definition) is 1. The van der Waals surface area contributed by atoms with Crippen LogP contribution in [0.25, 0.3) is 0 Å². The van der Waals surface area contributed by atoms with Crippen molar-refractivity contribution in [1.29, 1.82) is 0 Å². The molecule has 2 heteroatoms. The van der Waals surface area contributed by atoms with Gasteiger partial charge in [-0.1, -0.05) is 24.3 Å². The summed E-state index contributed by atoms with van der Waals surface area (Å²) in [5.74, 6) is 0.876. The average Bonchev–Trinajstić information content (AvgIpc) is 3.22. The Morgan fingerprint density at radius 1 is 1.17 bits per heavy atom. The molecule has 18 heavy (non-hydrogen) atoms. The number of aryl methyl sites for hydroxylation is 1. The zero-order valence-electron chi connectivity index (χ0n) is 11.5. The van der Waals surface area contributed by atoms with Gasteiger partial charge in [-0.15, -0.1) is 0 Å². The Balaban J connectivity index is 1.64. The third kappa shape index (κ3) is 4.43. The van der Waals surface area contributed by atoms with Crippen molar-refractivity contribution >= 4 is 0 Å². The highest BCUT2D eigenvalue weighted by molar-refractivity contribution is 5.33. The van der Waals surface area contributed by atoms with Crippen LogP contribution in [-0.4, -0.2) is 26.8 Å². The molecule has 0 saturated heterocycles. The third-order valence-corrected chi connectivity index (χ3v) is 3.60. The monoisotopic (exact) mass is 247 g/mol. The van der Waals surface area contributed by atoms with Crippen molar-refractivity contribution in [1.82, 2.24) is 5.32 Å². The van der Waals surface area contributed by atoms with E-state index >= 15 is 0 Å². The van der Waals surface area contributed by atoms with Gasteiger partial charge in [0.25, 0.3) is 0 Å². The topological polar surface area (TPSA) is 21.3 Å². The maximum absolute atomic E-state index is 5.00. The Labute approximate surface area is 111 Å². The number of rotatable bonds is 9. The minimum absolute atomic E-state index is 0.810. The van der Waals surface area contributed by atoms with Crippen LogP contribution in [0.1, 0.15) is 42.7 Å². The fourth-order valence-electron chi connectivity index (χ4n) is 2.42. The van der Waals surface area contributed by atoms with Crippen LogP contribution in [0.3, 0.4) is 0 Å². The van der Waals surface area contributed by atoms with Gasteiger partial charge in [0, 0.05) is 13.7 Å². The lowest BCUT2D eigenvalue weighted by molar-refractivity contribution is 0.199. The molecule has 2 nitrogen and oxygen atoms in total. The van der Waals surface area contributed by atoms with Gasteiger partial charge in [0.05, 0.1) is 6.61 Å². The summed E-state index contributed by atoms with van der Waals surface area (Å²) in [5.41, 5.74) is 3.20. The fourth-order valence-corrected chi connectivity index (χ4v) is 2.42. The predicted octanol–water partition coefficient (Wildman–Crippen LogP) is 3.12. The summed E-state index contributed by atoms with van der Waals surface area (Å²) in [6, 6.07) is 9.00. The summed E-state index contributed by atoms with van der Waals surface area (Å²) < 4.78 is 5.00.